The minimum absolute atomic E-state index is 0.125. The maximum absolute atomic E-state index is 12.5. The lowest BCUT2D eigenvalue weighted by Crippen LogP contribution is -2.11. The van der Waals surface area contributed by atoms with Gasteiger partial charge in [-0.15, -0.1) is 0 Å². The molecule has 0 saturated carbocycles. The number of benzene rings is 2. The van der Waals surface area contributed by atoms with Crippen LogP contribution in [0, 0.1) is 0 Å². The summed E-state index contributed by atoms with van der Waals surface area (Å²) >= 11 is 0. The number of hydrogen-bond acceptors (Lipinski definition) is 2. The van der Waals surface area contributed by atoms with Crippen LogP contribution in [-0.2, 0) is 29.6 Å². The number of fused-ring (bicyclic) bond motifs is 3. The van der Waals surface area contributed by atoms with Crippen molar-refractivity contribution in [2.24, 2.45) is 0 Å². The van der Waals surface area contributed by atoms with E-state index in [1.807, 2.05) is 30.3 Å². The van der Waals surface area contributed by atoms with Crippen molar-refractivity contribution in [1.29, 1.82) is 0 Å². The van der Waals surface area contributed by atoms with E-state index in [-0.39, 0.29) is 11.4 Å². The molecule has 3 aromatic rings. The van der Waals surface area contributed by atoms with Crippen LogP contribution in [0.25, 0.3) is 10.9 Å². The average Bonchev–Trinajstić information content (AvgIpc) is 3.03. The quantitative estimate of drug-likeness (QED) is 0.608. The molecule has 0 spiro atoms. The van der Waals surface area contributed by atoms with Gasteiger partial charge < -0.3 is 9.72 Å². The highest BCUT2D eigenvalue weighted by Crippen LogP contribution is 2.30. The molecule has 3 nitrogen and oxygen atoms in total. The summed E-state index contributed by atoms with van der Waals surface area (Å²) in [6.45, 7) is 6.88. The van der Waals surface area contributed by atoms with Gasteiger partial charge in [0.2, 0.25) is 0 Å². The monoisotopic (exact) mass is 361 g/mol. The van der Waals surface area contributed by atoms with Gasteiger partial charge in [-0.05, 0) is 66.0 Å². The molecule has 1 N–H and O–H groups in total. The van der Waals surface area contributed by atoms with Crippen molar-refractivity contribution in [1.82, 2.24) is 4.98 Å². The zero-order chi connectivity index (χ0) is 19.0. The molecule has 2 aromatic carbocycles. The highest BCUT2D eigenvalue weighted by atomic mass is 16.5. The molecule has 0 aliphatic heterocycles. The van der Waals surface area contributed by atoms with Gasteiger partial charge in [-0.25, -0.2) is 4.79 Å². The number of aromatic amines is 1. The molecule has 1 aromatic heterocycles. The molecule has 1 heterocycles. The van der Waals surface area contributed by atoms with Gasteiger partial charge in [0.05, 0.1) is 5.56 Å². The summed E-state index contributed by atoms with van der Waals surface area (Å²) in [4.78, 5) is 16.1. The Kier molecular flexibility index (Phi) is 4.55. The van der Waals surface area contributed by atoms with Crippen molar-refractivity contribution in [3.05, 3.63) is 70.4 Å². The molecular weight excluding hydrogens is 334 g/mol. The van der Waals surface area contributed by atoms with E-state index >= 15 is 0 Å². The number of hydrogen-bond donors (Lipinski definition) is 1. The standard InChI is InChI=1S/C24H27NO2/c1-24(2,3)18-11-8-16(9-12-18)15-27-23(26)17-10-13-22-20(14-17)19-6-4-5-7-21(19)25-22/h8-14,25H,4-7,15H2,1-3H3. The summed E-state index contributed by atoms with van der Waals surface area (Å²) < 4.78 is 5.56. The normalized spacial score (nSPS) is 14.2. The summed E-state index contributed by atoms with van der Waals surface area (Å²) in [6, 6.07) is 14.2. The summed E-state index contributed by atoms with van der Waals surface area (Å²) in [5, 5.41) is 1.17. The van der Waals surface area contributed by atoms with Crippen molar-refractivity contribution in [3.63, 3.8) is 0 Å². The fourth-order valence-electron chi connectivity index (χ4n) is 3.87. The lowest BCUT2D eigenvalue weighted by atomic mass is 9.87. The van der Waals surface area contributed by atoms with Crippen LogP contribution >= 0.6 is 0 Å². The highest BCUT2D eigenvalue weighted by Gasteiger charge is 2.17. The smallest absolute Gasteiger partial charge is 0.338 e. The topological polar surface area (TPSA) is 42.1 Å². The van der Waals surface area contributed by atoms with E-state index in [1.165, 1.54) is 35.0 Å². The van der Waals surface area contributed by atoms with Crippen LogP contribution in [0.4, 0.5) is 0 Å². The highest BCUT2D eigenvalue weighted by molar-refractivity contribution is 5.96. The number of aryl methyl sites for hydroxylation is 2. The Hall–Kier alpha value is -2.55. The second kappa shape index (κ2) is 6.88. The van der Waals surface area contributed by atoms with Gasteiger partial charge in [-0.2, -0.15) is 0 Å². The van der Waals surface area contributed by atoms with Gasteiger partial charge in [-0.1, -0.05) is 45.0 Å². The number of esters is 1. The average molecular weight is 361 g/mol. The summed E-state index contributed by atoms with van der Waals surface area (Å²) in [5.74, 6) is -0.262. The molecule has 1 aliphatic carbocycles. The number of carbonyl (C=O) groups excluding carboxylic acids is 1. The Morgan fingerprint density at radius 3 is 2.52 bits per heavy atom. The maximum Gasteiger partial charge on any atom is 0.338 e. The van der Waals surface area contributed by atoms with Crippen LogP contribution in [0.1, 0.15) is 66.4 Å². The zero-order valence-electron chi connectivity index (χ0n) is 16.4. The minimum Gasteiger partial charge on any atom is -0.457 e. The SMILES string of the molecule is CC(C)(C)c1ccc(COC(=O)c2ccc3[nH]c4c(c3c2)CCCC4)cc1. The Morgan fingerprint density at radius 1 is 1.04 bits per heavy atom. The third-order valence-corrected chi connectivity index (χ3v) is 5.52. The molecule has 3 heteroatoms. The lowest BCUT2D eigenvalue weighted by Gasteiger charge is -2.19. The van der Waals surface area contributed by atoms with E-state index in [2.05, 4.69) is 37.9 Å². The maximum atomic E-state index is 12.5. The molecule has 0 radical (unpaired) electrons. The fourth-order valence-corrected chi connectivity index (χ4v) is 3.87. The van der Waals surface area contributed by atoms with Crippen LogP contribution in [0.5, 0.6) is 0 Å². The van der Waals surface area contributed by atoms with Crippen LogP contribution in [-0.4, -0.2) is 11.0 Å². The van der Waals surface area contributed by atoms with Gasteiger partial charge in [0, 0.05) is 16.6 Å². The molecule has 0 fully saturated rings. The Morgan fingerprint density at radius 2 is 1.78 bits per heavy atom. The molecule has 0 atom stereocenters. The first-order valence-corrected chi connectivity index (χ1v) is 9.82. The van der Waals surface area contributed by atoms with Gasteiger partial charge in [0.15, 0.2) is 0 Å². The predicted molar refractivity (Wildman–Crippen MR) is 109 cm³/mol. The van der Waals surface area contributed by atoms with E-state index < -0.39 is 0 Å². The van der Waals surface area contributed by atoms with Crippen molar-refractivity contribution < 1.29 is 9.53 Å². The third kappa shape index (κ3) is 3.64. The van der Waals surface area contributed by atoms with Crippen molar-refractivity contribution >= 4 is 16.9 Å². The zero-order valence-corrected chi connectivity index (χ0v) is 16.4. The predicted octanol–water partition coefficient (Wildman–Crippen LogP) is 5.70. The minimum atomic E-state index is -0.262. The second-order valence-corrected chi connectivity index (χ2v) is 8.57. The van der Waals surface area contributed by atoms with E-state index in [9.17, 15) is 4.79 Å². The van der Waals surface area contributed by atoms with E-state index in [1.54, 1.807) is 0 Å². The van der Waals surface area contributed by atoms with Gasteiger partial charge in [-0.3, -0.25) is 0 Å². The van der Waals surface area contributed by atoms with Crippen molar-refractivity contribution in [2.75, 3.05) is 0 Å². The summed E-state index contributed by atoms with van der Waals surface area (Å²) in [6.07, 6.45) is 4.66. The molecular formula is C24H27NO2. The number of rotatable bonds is 3. The third-order valence-electron chi connectivity index (χ3n) is 5.52. The number of ether oxygens (including phenoxy) is 1. The Bertz CT molecular complexity index is 974. The largest absolute Gasteiger partial charge is 0.457 e. The molecule has 0 unspecified atom stereocenters. The van der Waals surface area contributed by atoms with Crippen LogP contribution in [0.3, 0.4) is 0 Å². The Balaban J connectivity index is 1.48. The van der Waals surface area contributed by atoms with E-state index in [0.29, 0.717) is 12.2 Å². The molecule has 4 rings (SSSR count). The van der Waals surface area contributed by atoms with E-state index in [0.717, 1.165) is 23.9 Å². The summed E-state index contributed by atoms with van der Waals surface area (Å²) in [7, 11) is 0. The van der Waals surface area contributed by atoms with Crippen LogP contribution < -0.4 is 0 Å². The molecule has 0 amide bonds. The number of carbonyl (C=O) groups is 1. The van der Waals surface area contributed by atoms with Crippen molar-refractivity contribution in [2.45, 2.75) is 58.5 Å². The molecule has 0 saturated heterocycles. The van der Waals surface area contributed by atoms with Crippen molar-refractivity contribution in [3.8, 4) is 0 Å². The first-order valence-electron chi connectivity index (χ1n) is 9.82. The van der Waals surface area contributed by atoms with Crippen LogP contribution in [0.2, 0.25) is 0 Å². The van der Waals surface area contributed by atoms with Gasteiger partial charge >= 0.3 is 5.97 Å². The van der Waals surface area contributed by atoms with E-state index in [4.69, 9.17) is 4.74 Å². The van der Waals surface area contributed by atoms with Gasteiger partial charge in [0.1, 0.15) is 6.61 Å². The Labute approximate surface area is 160 Å². The van der Waals surface area contributed by atoms with Crippen LogP contribution in [0.15, 0.2) is 42.5 Å². The molecule has 0 bridgehead atoms. The number of aromatic nitrogens is 1. The molecule has 27 heavy (non-hydrogen) atoms. The van der Waals surface area contributed by atoms with Gasteiger partial charge in [0.25, 0.3) is 0 Å². The first kappa shape index (κ1) is 17.8. The first-order chi connectivity index (χ1) is 12.9. The lowest BCUT2D eigenvalue weighted by molar-refractivity contribution is 0.0473. The number of H-pyrrole nitrogens is 1. The second-order valence-electron chi connectivity index (χ2n) is 8.57. The number of nitrogens with one attached hydrogen (secondary N) is 1. The summed E-state index contributed by atoms with van der Waals surface area (Å²) in [5.41, 5.74) is 6.87. The molecule has 1 aliphatic rings. The molecule has 140 valence electrons. The fraction of sp³-hybridized carbons (Fsp3) is 0.375.